The molecule has 140 valence electrons. The molecule has 3 aromatic carbocycles. The van der Waals surface area contributed by atoms with Gasteiger partial charge in [0.15, 0.2) is 5.75 Å². The first-order chi connectivity index (χ1) is 13.5. The predicted octanol–water partition coefficient (Wildman–Crippen LogP) is 7.94. The van der Waals surface area contributed by atoms with E-state index in [1.54, 1.807) is 48.5 Å². The molecule has 0 unspecified atom stereocenters. The summed E-state index contributed by atoms with van der Waals surface area (Å²) < 4.78 is 5.77. The number of nitrogens with zero attached hydrogens (tertiary/aromatic N) is 1. The van der Waals surface area contributed by atoms with Gasteiger partial charge in [0.05, 0.1) is 21.7 Å². The van der Waals surface area contributed by atoms with Crippen LogP contribution >= 0.6 is 46.4 Å². The first-order valence-electron chi connectivity index (χ1n) is 8.21. The summed E-state index contributed by atoms with van der Waals surface area (Å²) in [5.74, 6) is 0.381. The van der Waals surface area contributed by atoms with Crippen LogP contribution in [-0.2, 0) is 6.61 Å². The number of ether oxygens (including phenoxy) is 1. The van der Waals surface area contributed by atoms with Gasteiger partial charge in [-0.25, -0.2) is 0 Å². The highest BCUT2D eigenvalue weighted by Gasteiger charge is 2.11. The first-order valence-corrected chi connectivity index (χ1v) is 9.72. The maximum Gasteiger partial charge on any atom is 0.157 e. The second-order valence-corrected chi connectivity index (χ2v) is 7.54. The summed E-state index contributed by atoms with van der Waals surface area (Å²) in [6.45, 7) is 0.300. The molecule has 0 spiro atoms. The Balaban J connectivity index is 1.86. The number of benzene rings is 3. The maximum atomic E-state index is 9.51. The molecule has 0 atom stereocenters. The van der Waals surface area contributed by atoms with Crippen molar-refractivity contribution in [3.8, 4) is 11.8 Å². The van der Waals surface area contributed by atoms with E-state index in [2.05, 4.69) is 6.07 Å². The van der Waals surface area contributed by atoms with E-state index in [9.17, 15) is 5.26 Å². The van der Waals surface area contributed by atoms with Crippen LogP contribution in [0.5, 0.6) is 5.75 Å². The van der Waals surface area contributed by atoms with Gasteiger partial charge in [0.25, 0.3) is 0 Å². The first kappa shape index (κ1) is 20.6. The van der Waals surface area contributed by atoms with Gasteiger partial charge in [0.2, 0.25) is 0 Å². The van der Waals surface area contributed by atoms with Crippen molar-refractivity contribution < 1.29 is 4.74 Å². The van der Waals surface area contributed by atoms with E-state index >= 15 is 0 Å². The lowest BCUT2D eigenvalue weighted by Crippen LogP contribution is -1.97. The van der Waals surface area contributed by atoms with Gasteiger partial charge in [0.1, 0.15) is 6.61 Å². The van der Waals surface area contributed by atoms with Gasteiger partial charge < -0.3 is 4.74 Å². The van der Waals surface area contributed by atoms with E-state index in [1.165, 1.54) is 0 Å². The Kier molecular flexibility index (Phi) is 6.88. The van der Waals surface area contributed by atoms with Crippen LogP contribution in [0.1, 0.15) is 16.7 Å². The highest BCUT2D eigenvalue weighted by molar-refractivity contribution is 6.37. The van der Waals surface area contributed by atoms with Crippen LogP contribution in [0, 0.1) is 11.3 Å². The van der Waals surface area contributed by atoms with Crippen molar-refractivity contribution >= 4 is 58.1 Å². The van der Waals surface area contributed by atoms with Crippen molar-refractivity contribution in [2.24, 2.45) is 0 Å². The van der Waals surface area contributed by atoms with Gasteiger partial charge in [-0.3, -0.25) is 0 Å². The minimum atomic E-state index is 0.300. The zero-order valence-electron chi connectivity index (χ0n) is 14.4. The summed E-state index contributed by atoms with van der Waals surface area (Å²) >= 11 is 24.8. The molecule has 0 heterocycles. The number of hydrogen-bond acceptors (Lipinski definition) is 2. The lowest BCUT2D eigenvalue weighted by molar-refractivity contribution is 0.306. The monoisotopic (exact) mass is 447 g/mol. The summed E-state index contributed by atoms with van der Waals surface area (Å²) in [6.07, 6.45) is 1.68. The zero-order chi connectivity index (χ0) is 20.1. The molecule has 0 aliphatic heterocycles. The standard InChI is InChI=1S/C22H13Cl4NO/c23-17-7-5-14(6-8-17)13-28-22-20(25)10-15(11-21(22)26)9-16(12-27)18-3-1-2-4-19(18)24/h1-11H,13H2. The molecule has 0 bridgehead atoms. The SMILES string of the molecule is N#CC(=Cc1cc(Cl)c(OCc2ccc(Cl)cc2)c(Cl)c1)c1ccccc1Cl. The molecule has 0 fully saturated rings. The van der Waals surface area contributed by atoms with Gasteiger partial charge in [-0.2, -0.15) is 5.26 Å². The second kappa shape index (κ2) is 9.37. The average molecular weight is 449 g/mol. The van der Waals surface area contributed by atoms with E-state index in [0.717, 1.165) is 5.56 Å². The third-order valence-corrected chi connectivity index (χ3v) is 5.06. The van der Waals surface area contributed by atoms with Crippen molar-refractivity contribution in [3.63, 3.8) is 0 Å². The lowest BCUT2D eigenvalue weighted by atomic mass is 10.0. The normalized spacial score (nSPS) is 11.2. The molecule has 0 amide bonds. The van der Waals surface area contributed by atoms with Crippen LogP contribution in [0.3, 0.4) is 0 Å². The number of halogens is 4. The van der Waals surface area contributed by atoms with Crippen LogP contribution in [0.2, 0.25) is 20.1 Å². The van der Waals surface area contributed by atoms with Gasteiger partial charge >= 0.3 is 0 Å². The van der Waals surface area contributed by atoms with E-state index in [-0.39, 0.29) is 0 Å². The Morgan fingerprint density at radius 1 is 0.893 bits per heavy atom. The average Bonchev–Trinajstić information content (AvgIpc) is 2.67. The Labute approximate surface area is 183 Å². The van der Waals surface area contributed by atoms with Crippen molar-refractivity contribution in [1.82, 2.24) is 0 Å². The van der Waals surface area contributed by atoms with E-state index < -0.39 is 0 Å². The van der Waals surface area contributed by atoms with E-state index in [4.69, 9.17) is 51.1 Å². The maximum absolute atomic E-state index is 9.51. The Hall–Kier alpha value is -2.15. The smallest absolute Gasteiger partial charge is 0.157 e. The van der Waals surface area contributed by atoms with E-state index in [1.807, 2.05) is 18.2 Å². The zero-order valence-corrected chi connectivity index (χ0v) is 17.4. The molecule has 0 radical (unpaired) electrons. The van der Waals surface area contributed by atoms with Crippen LogP contribution < -0.4 is 4.74 Å². The number of rotatable bonds is 5. The predicted molar refractivity (Wildman–Crippen MR) is 117 cm³/mol. The highest BCUT2D eigenvalue weighted by atomic mass is 35.5. The number of allylic oxidation sites excluding steroid dienone is 1. The van der Waals surface area contributed by atoms with Crippen molar-refractivity contribution in [2.75, 3.05) is 0 Å². The Bertz CT molecular complexity index is 1050. The molecule has 3 rings (SSSR count). The minimum absolute atomic E-state index is 0.300. The molecule has 6 heteroatoms. The summed E-state index contributed by atoms with van der Waals surface area (Å²) in [5, 5.41) is 11.4. The fourth-order valence-corrected chi connectivity index (χ4v) is 3.53. The molecule has 0 saturated carbocycles. The van der Waals surface area contributed by atoms with Gasteiger partial charge in [0, 0.05) is 15.6 Å². The molecule has 3 aromatic rings. The quantitative estimate of drug-likeness (QED) is 0.293. The molecule has 0 aliphatic rings. The largest absolute Gasteiger partial charge is 0.486 e. The van der Waals surface area contributed by atoms with Gasteiger partial charge in [-0.05, 0) is 47.5 Å². The molecule has 2 nitrogen and oxygen atoms in total. The van der Waals surface area contributed by atoms with Crippen molar-refractivity contribution in [1.29, 1.82) is 5.26 Å². The third-order valence-electron chi connectivity index (χ3n) is 3.91. The molecule has 0 N–H and O–H groups in total. The highest BCUT2D eigenvalue weighted by Crippen LogP contribution is 2.36. The molecular weight excluding hydrogens is 436 g/mol. The van der Waals surface area contributed by atoms with Gasteiger partial charge in [-0.15, -0.1) is 0 Å². The van der Waals surface area contributed by atoms with Crippen LogP contribution in [0.15, 0.2) is 60.7 Å². The molecule has 0 aliphatic carbocycles. The lowest BCUT2D eigenvalue weighted by Gasteiger charge is -2.11. The second-order valence-electron chi connectivity index (χ2n) is 5.88. The molecular formula is C22H13Cl4NO. The number of hydrogen-bond donors (Lipinski definition) is 0. The Morgan fingerprint density at radius 2 is 1.54 bits per heavy atom. The minimum Gasteiger partial charge on any atom is -0.486 e. The molecule has 0 aromatic heterocycles. The fraction of sp³-hybridized carbons (Fsp3) is 0.0455. The molecule has 0 saturated heterocycles. The Morgan fingerprint density at radius 3 is 2.14 bits per heavy atom. The topological polar surface area (TPSA) is 33.0 Å². The van der Waals surface area contributed by atoms with Crippen molar-refractivity contribution in [2.45, 2.75) is 6.61 Å². The van der Waals surface area contributed by atoms with Crippen molar-refractivity contribution in [3.05, 3.63) is 97.4 Å². The third kappa shape index (κ3) is 5.01. The van der Waals surface area contributed by atoms with Gasteiger partial charge in [-0.1, -0.05) is 76.7 Å². The summed E-state index contributed by atoms with van der Waals surface area (Å²) in [4.78, 5) is 0. The fourth-order valence-electron chi connectivity index (χ4n) is 2.55. The summed E-state index contributed by atoms with van der Waals surface area (Å²) in [5.41, 5.74) is 2.66. The summed E-state index contributed by atoms with van der Waals surface area (Å²) in [7, 11) is 0. The number of nitriles is 1. The van der Waals surface area contributed by atoms with Crippen LogP contribution in [0.25, 0.3) is 11.6 Å². The van der Waals surface area contributed by atoms with E-state index in [0.29, 0.717) is 49.1 Å². The molecule has 28 heavy (non-hydrogen) atoms. The summed E-state index contributed by atoms with van der Waals surface area (Å²) in [6, 6.07) is 20.0. The van der Waals surface area contributed by atoms with Crippen LogP contribution in [0.4, 0.5) is 0 Å². The van der Waals surface area contributed by atoms with Crippen LogP contribution in [-0.4, -0.2) is 0 Å².